The van der Waals surface area contributed by atoms with Crippen molar-refractivity contribution in [3.8, 4) is 0 Å². The first-order valence-electron chi connectivity index (χ1n) is 8.76. The highest BCUT2D eigenvalue weighted by Crippen LogP contribution is 2.38. The summed E-state index contributed by atoms with van der Waals surface area (Å²) in [5.41, 5.74) is -0.148. The van der Waals surface area contributed by atoms with E-state index in [1.165, 1.54) is 0 Å². The third-order valence-electron chi connectivity index (χ3n) is 5.52. The van der Waals surface area contributed by atoms with Gasteiger partial charge < -0.3 is 20.5 Å². The molecule has 0 aliphatic carbocycles. The van der Waals surface area contributed by atoms with Crippen LogP contribution in [-0.2, 0) is 23.0 Å². The monoisotopic (exact) mass is 372 g/mol. The molecule has 0 saturated carbocycles. The van der Waals surface area contributed by atoms with E-state index in [1.807, 2.05) is 20.0 Å². The Labute approximate surface area is 154 Å². The number of aliphatic hydroxyl groups is 1. The maximum atomic E-state index is 12.4. The number of carbonyl (C=O) groups excluding carboxylic acids is 1. The molecule has 142 valence electrons. The van der Waals surface area contributed by atoms with Crippen molar-refractivity contribution < 1.29 is 14.6 Å². The van der Waals surface area contributed by atoms with E-state index in [0.717, 1.165) is 31.6 Å². The van der Waals surface area contributed by atoms with Crippen LogP contribution in [0, 0.1) is 0 Å². The second-order valence-electron chi connectivity index (χ2n) is 7.23. The fraction of sp³-hybridized carbons (Fsp3) is 0.765. The number of halogens is 1. The highest BCUT2D eigenvalue weighted by atomic mass is 35.5. The van der Waals surface area contributed by atoms with Crippen molar-refractivity contribution in [3.05, 3.63) is 18.0 Å². The summed E-state index contributed by atoms with van der Waals surface area (Å²) < 4.78 is 7.76. The van der Waals surface area contributed by atoms with Gasteiger partial charge in [0.15, 0.2) is 0 Å². The normalized spacial score (nSPS) is 28.4. The summed E-state index contributed by atoms with van der Waals surface area (Å²) in [7, 11) is 1.87. The van der Waals surface area contributed by atoms with E-state index in [4.69, 9.17) is 4.74 Å². The predicted octanol–water partition coefficient (Wildman–Crippen LogP) is 0.553. The molecule has 8 heteroatoms. The van der Waals surface area contributed by atoms with Crippen LogP contribution >= 0.6 is 12.4 Å². The quantitative estimate of drug-likeness (QED) is 0.718. The first kappa shape index (κ1) is 20.2. The second kappa shape index (κ2) is 8.03. The van der Waals surface area contributed by atoms with Crippen LogP contribution < -0.4 is 10.6 Å². The van der Waals surface area contributed by atoms with Crippen LogP contribution in [-0.4, -0.2) is 57.7 Å². The number of carbonyl (C=O) groups is 1. The van der Waals surface area contributed by atoms with Crippen molar-refractivity contribution in [2.45, 2.75) is 56.3 Å². The fourth-order valence-electron chi connectivity index (χ4n) is 3.93. The minimum atomic E-state index is -0.693. The standard InChI is InChI=1S/C17H28N4O3.ClH/c1-16(20-14(22)4-3-13-5-9-19-21(13)2)8-12-24-17(15(16)23)6-10-18-11-7-17;/h5,9,15,18,23H,3-4,6-8,10-12H2,1-2H3,(H,20,22);1H/t15-,16+;/m0./s1. The summed E-state index contributed by atoms with van der Waals surface area (Å²) >= 11 is 0. The summed E-state index contributed by atoms with van der Waals surface area (Å²) in [6.07, 6.45) is 4.24. The van der Waals surface area contributed by atoms with Gasteiger partial charge in [-0.1, -0.05) is 0 Å². The Bertz CT molecular complexity index is 583. The molecule has 1 amide bonds. The lowest BCUT2D eigenvalue weighted by Gasteiger charge is -2.52. The van der Waals surface area contributed by atoms with Crippen molar-refractivity contribution in [1.29, 1.82) is 0 Å². The Hall–Kier alpha value is -1.15. The first-order chi connectivity index (χ1) is 11.5. The molecule has 2 fully saturated rings. The molecule has 7 nitrogen and oxygen atoms in total. The molecule has 2 aliphatic heterocycles. The Kier molecular flexibility index (Phi) is 6.48. The lowest BCUT2D eigenvalue weighted by Crippen LogP contribution is -2.69. The van der Waals surface area contributed by atoms with E-state index in [2.05, 4.69) is 15.7 Å². The average molecular weight is 373 g/mol. The molecule has 3 heterocycles. The summed E-state index contributed by atoms with van der Waals surface area (Å²) in [5, 5.41) is 21.5. The first-order valence-corrected chi connectivity index (χ1v) is 8.76. The maximum absolute atomic E-state index is 12.4. The van der Waals surface area contributed by atoms with Crippen molar-refractivity contribution in [2.75, 3.05) is 19.7 Å². The number of hydrogen-bond donors (Lipinski definition) is 3. The van der Waals surface area contributed by atoms with Crippen molar-refractivity contribution in [3.63, 3.8) is 0 Å². The van der Waals surface area contributed by atoms with Gasteiger partial charge in [-0.15, -0.1) is 12.4 Å². The molecule has 0 unspecified atom stereocenters. The van der Waals surface area contributed by atoms with Gasteiger partial charge in [-0.25, -0.2) is 0 Å². The lowest BCUT2D eigenvalue weighted by atomic mass is 9.73. The van der Waals surface area contributed by atoms with Gasteiger partial charge in [0.1, 0.15) is 6.10 Å². The van der Waals surface area contributed by atoms with Gasteiger partial charge in [0, 0.05) is 32.0 Å². The summed E-state index contributed by atoms with van der Waals surface area (Å²) in [4.78, 5) is 12.4. The van der Waals surface area contributed by atoms with Gasteiger partial charge in [-0.2, -0.15) is 5.10 Å². The largest absolute Gasteiger partial charge is 0.388 e. The molecule has 2 aliphatic rings. The molecule has 0 bridgehead atoms. The van der Waals surface area contributed by atoms with E-state index >= 15 is 0 Å². The minimum Gasteiger partial charge on any atom is -0.388 e. The second-order valence-corrected chi connectivity index (χ2v) is 7.23. The van der Waals surface area contributed by atoms with Crippen LogP contribution in [0.2, 0.25) is 0 Å². The predicted molar refractivity (Wildman–Crippen MR) is 96.7 cm³/mol. The van der Waals surface area contributed by atoms with Gasteiger partial charge in [0.2, 0.25) is 5.91 Å². The molecule has 0 aromatic carbocycles. The van der Waals surface area contributed by atoms with Crippen LogP contribution in [0.4, 0.5) is 0 Å². The topological polar surface area (TPSA) is 88.4 Å². The molecule has 0 radical (unpaired) electrons. The zero-order valence-corrected chi connectivity index (χ0v) is 15.8. The van der Waals surface area contributed by atoms with Crippen LogP contribution in [0.1, 0.15) is 38.3 Å². The Morgan fingerprint density at radius 2 is 2.20 bits per heavy atom. The minimum absolute atomic E-state index is 0. The third-order valence-corrected chi connectivity index (χ3v) is 5.52. The molecule has 2 atom stereocenters. The number of aliphatic hydroxyl groups excluding tert-OH is 1. The molecule has 25 heavy (non-hydrogen) atoms. The smallest absolute Gasteiger partial charge is 0.220 e. The Morgan fingerprint density at radius 1 is 1.48 bits per heavy atom. The molecule has 3 N–H and O–H groups in total. The lowest BCUT2D eigenvalue weighted by molar-refractivity contribution is -0.200. The van der Waals surface area contributed by atoms with Gasteiger partial charge >= 0.3 is 0 Å². The molecular weight excluding hydrogens is 344 g/mol. The van der Waals surface area contributed by atoms with Gasteiger partial charge in [0.25, 0.3) is 0 Å². The van der Waals surface area contributed by atoms with E-state index < -0.39 is 17.2 Å². The molecule has 1 aromatic heterocycles. The van der Waals surface area contributed by atoms with Crippen molar-refractivity contribution in [1.82, 2.24) is 20.4 Å². The average Bonchev–Trinajstić information content (AvgIpc) is 2.97. The zero-order valence-electron chi connectivity index (χ0n) is 15.0. The Morgan fingerprint density at radius 3 is 2.84 bits per heavy atom. The summed E-state index contributed by atoms with van der Waals surface area (Å²) in [6.45, 7) is 4.17. The summed E-state index contributed by atoms with van der Waals surface area (Å²) in [5.74, 6) is -0.0382. The Balaban J connectivity index is 0.00000225. The molecule has 3 rings (SSSR count). The number of ether oxygens (including phenoxy) is 1. The zero-order chi connectivity index (χ0) is 17.2. The fourth-order valence-corrected chi connectivity index (χ4v) is 3.93. The van der Waals surface area contributed by atoms with Crippen molar-refractivity contribution in [2.24, 2.45) is 7.05 Å². The highest BCUT2D eigenvalue weighted by molar-refractivity contribution is 5.85. The van der Waals surface area contributed by atoms with Crippen LogP contribution in [0.25, 0.3) is 0 Å². The molecule has 2 saturated heterocycles. The highest BCUT2D eigenvalue weighted by Gasteiger charge is 2.52. The van der Waals surface area contributed by atoms with E-state index in [9.17, 15) is 9.90 Å². The van der Waals surface area contributed by atoms with E-state index in [1.54, 1.807) is 10.9 Å². The number of piperidine rings is 1. The summed E-state index contributed by atoms with van der Waals surface area (Å²) in [6, 6.07) is 1.92. The SMILES string of the molecule is Cl.Cn1nccc1CCC(=O)N[C@]1(C)CCOC2(CCNCC2)[C@H]1O. The van der Waals surface area contributed by atoms with Crippen LogP contribution in [0.15, 0.2) is 12.3 Å². The van der Waals surface area contributed by atoms with Gasteiger partial charge in [0.05, 0.1) is 11.1 Å². The van der Waals surface area contributed by atoms with Gasteiger partial charge in [-0.3, -0.25) is 9.48 Å². The van der Waals surface area contributed by atoms with E-state index in [0.29, 0.717) is 25.9 Å². The van der Waals surface area contributed by atoms with Crippen LogP contribution in [0.5, 0.6) is 0 Å². The number of aryl methyl sites for hydroxylation is 2. The van der Waals surface area contributed by atoms with Crippen LogP contribution in [0.3, 0.4) is 0 Å². The number of aromatic nitrogens is 2. The molecule has 1 spiro atoms. The number of nitrogens with zero attached hydrogens (tertiary/aromatic N) is 2. The number of hydrogen-bond acceptors (Lipinski definition) is 5. The molecule has 1 aromatic rings. The maximum Gasteiger partial charge on any atom is 0.220 e. The number of amides is 1. The molecular formula is C17H29ClN4O3. The van der Waals surface area contributed by atoms with E-state index in [-0.39, 0.29) is 18.3 Å². The van der Waals surface area contributed by atoms with Crippen molar-refractivity contribution >= 4 is 18.3 Å². The third kappa shape index (κ3) is 4.16. The van der Waals surface area contributed by atoms with Gasteiger partial charge in [-0.05, 0) is 51.8 Å². The number of nitrogens with one attached hydrogen (secondary N) is 2. The number of rotatable bonds is 4.